The van der Waals surface area contributed by atoms with Crippen molar-refractivity contribution in [3.63, 3.8) is 0 Å². The molecule has 0 spiro atoms. The summed E-state index contributed by atoms with van der Waals surface area (Å²) in [6.45, 7) is 0. The maximum Gasteiger partial charge on any atom is 0.258 e. The first kappa shape index (κ1) is 14.2. The highest BCUT2D eigenvalue weighted by Gasteiger charge is 2.13. The Bertz CT molecular complexity index is 652. The monoisotopic (exact) mass is 362 g/mol. The van der Waals surface area contributed by atoms with Crippen molar-refractivity contribution < 1.29 is 9.18 Å². The third-order valence-electron chi connectivity index (χ3n) is 2.23. The molecule has 1 aromatic heterocycles. The summed E-state index contributed by atoms with van der Waals surface area (Å²) >= 11 is 14.6. The van der Waals surface area contributed by atoms with Crippen LogP contribution in [0.4, 0.5) is 10.1 Å². The molecule has 0 aliphatic heterocycles. The first-order chi connectivity index (χ1) is 8.97. The molecule has 2 aromatic rings. The van der Waals surface area contributed by atoms with Gasteiger partial charge in [-0.05, 0) is 40.2 Å². The van der Waals surface area contributed by atoms with Crippen molar-refractivity contribution in [3.05, 3.63) is 56.5 Å². The first-order valence-electron chi connectivity index (χ1n) is 5.05. The van der Waals surface area contributed by atoms with Gasteiger partial charge in [-0.1, -0.05) is 23.2 Å². The van der Waals surface area contributed by atoms with Crippen LogP contribution in [0.25, 0.3) is 0 Å². The van der Waals surface area contributed by atoms with E-state index in [1.807, 2.05) is 0 Å². The fourth-order valence-corrected chi connectivity index (χ4v) is 1.98. The van der Waals surface area contributed by atoms with E-state index in [1.165, 1.54) is 18.3 Å². The van der Waals surface area contributed by atoms with Gasteiger partial charge in [0.15, 0.2) is 0 Å². The number of hydrogen-bond acceptors (Lipinski definition) is 2. The van der Waals surface area contributed by atoms with Crippen LogP contribution in [0.2, 0.25) is 10.2 Å². The van der Waals surface area contributed by atoms with E-state index >= 15 is 0 Å². The highest BCUT2D eigenvalue weighted by Crippen LogP contribution is 2.23. The normalized spacial score (nSPS) is 10.3. The summed E-state index contributed by atoms with van der Waals surface area (Å²) in [5.41, 5.74) is 0.249. The highest BCUT2D eigenvalue weighted by molar-refractivity contribution is 9.10. The largest absolute Gasteiger partial charge is 0.320 e. The predicted molar refractivity (Wildman–Crippen MR) is 76.3 cm³/mol. The van der Waals surface area contributed by atoms with Gasteiger partial charge in [-0.2, -0.15) is 0 Å². The molecular weight excluding hydrogens is 358 g/mol. The van der Waals surface area contributed by atoms with E-state index in [0.717, 1.165) is 6.07 Å². The minimum atomic E-state index is -0.650. The lowest BCUT2D eigenvalue weighted by Crippen LogP contribution is -2.14. The van der Waals surface area contributed by atoms with Crippen LogP contribution < -0.4 is 5.32 Å². The third kappa shape index (κ3) is 3.43. The van der Waals surface area contributed by atoms with E-state index in [9.17, 15) is 9.18 Å². The van der Waals surface area contributed by atoms with Crippen LogP contribution in [0.15, 0.2) is 34.9 Å². The van der Waals surface area contributed by atoms with Crippen molar-refractivity contribution >= 4 is 50.7 Å². The van der Waals surface area contributed by atoms with Gasteiger partial charge in [-0.3, -0.25) is 4.79 Å². The maximum absolute atomic E-state index is 13.5. The quantitative estimate of drug-likeness (QED) is 0.795. The molecule has 0 bridgehead atoms. The van der Waals surface area contributed by atoms with Gasteiger partial charge in [-0.15, -0.1) is 0 Å². The van der Waals surface area contributed by atoms with Gasteiger partial charge >= 0.3 is 0 Å². The van der Waals surface area contributed by atoms with Crippen molar-refractivity contribution in [1.29, 1.82) is 0 Å². The number of amides is 1. The molecule has 1 N–H and O–H groups in total. The van der Waals surface area contributed by atoms with Gasteiger partial charge < -0.3 is 5.32 Å². The van der Waals surface area contributed by atoms with Gasteiger partial charge in [-0.25, -0.2) is 9.37 Å². The Morgan fingerprint density at radius 3 is 2.74 bits per heavy atom. The Morgan fingerprint density at radius 2 is 2.05 bits per heavy atom. The van der Waals surface area contributed by atoms with Crippen LogP contribution in [0.1, 0.15) is 10.4 Å². The number of benzene rings is 1. The zero-order valence-corrected chi connectivity index (χ0v) is 12.4. The number of pyridine rings is 1. The standard InChI is InChI=1S/C12H6BrCl2FN2O/c13-9-4-7(5-17-11(9)15)18-12(19)8-3-6(14)1-2-10(8)16/h1-5H,(H,18,19). The Labute approximate surface area is 126 Å². The van der Waals surface area contributed by atoms with E-state index in [0.29, 0.717) is 10.2 Å². The molecule has 1 amide bonds. The van der Waals surface area contributed by atoms with Crippen molar-refractivity contribution in [2.24, 2.45) is 0 Å². The molecule has 0 aliphatic rings. The lowest BCUT2D eigenvalue weighted by molar-refractivity contribution is 0.102. The average Bonchev–Trinajstić information content (AvgIpc) is 2.36. The molecule has 1 aromatic carbocycles. The van der Waals surface area contributed by atoms with Crippen molar-refractivity contribution in [2.45, 2.75) is 0 Å². The number of nitrogens with one attached hydrogen (secondary N) is 1. The van der Waals surface area contributed by atoms with E-state index in [2.05, 4.69) is 26.2 Å². The summed E-state index contributed by atoms with van der Waals surface area (Å²) in [5, 5.41) is 3.06. The number of aromatic nitrogens is 1. The molecule has 7 heteroatoms. The Kier molecular flexibility index (Phi) is 4.39. The molecule has 0 radical (unpaired) electrons. The summed E-state index contributed by atoms with van der Waals surface area (Å²) < 4.78 is 14.0. The molecule has 98 valence electrons. The molecule has 0 saturated heterocycles. The number of halogens is 4. The first-order valence-corrected chi connectivity index (χ1v) is 6.59. The summed E-state index contributed by atoms with van der Waals surface area (Å²) in [7, 11) is 0. The number of nitrogens with zero attached hydrogens (tertiary/aromatic N) is 1. The summed E-state index contributed by atoms with van der Waals surface area (Å²) in [6, 6.07) is 5.32. The molecular formula is C12H6BrCl2FN2O. The van der Waals surface area contributed by atoms with Crippen molar-refractivity contribution in [1.82, 2.24) is 4.98 Å². The second-order valence-electron chi connectivity index (χ2n) is 3.57. The van der Waals surface area contributed by atoms with E-state index in [4.69, 9.17) is 23.2 Å². The average molecular weight is 364 g/mol. The van der Waals surface area contributed by atoms with Gasteiger partial charge in [0.1, 0.15) is 11.0 Å². The van der Waals surface area contributed by atoms with Crippen LogP contribution in [-0.2, 0) is 0 Å². The van der Waals surface area contributed by atoms with Gasteiger partial charge in [0.05, 0.1) is 21.9 Å². The maximum atomic E-state index is 13.5. The second kappa shape index (κ2) is 5.86. The SMILES string of the molecule is O=C(Nc1cnc(Cl)c(Br)c1)c1cc(Cl)ccc1F. The molecule has 1 heterocycles. The highest BCUT2D eigenvalue weighted by atomic mass is 79.9. The van der Waals surface area contributed by atoms with Gasteiger partial charge in [0, 0.05) is 5.02 Å². The second-order valence-corrected chi connectivity index (χ2v) is 5.22. The molecule has 0 aliphatic carbocycles. The molecule has 3 nitrogen and oxygen atoms in total. The van der Waals surface area contributed by atoms with Gasteiger partial charge in [0.2, 0.25) is 0 Å². The predicted octanol–water partition coefficient (Wildman–Crippen LogP) is 4.54. The van der Waals surface area contributed by atoms with Crippen molar-refractivity contribution in [3.8, 4) is 0 Å². The fraction of sp³-hybridized carbons (Fsp3) is 0. The Morgan fingerprint density at radius 1 is 1.32 bits per heavy atom. The Hall–Kier alpha value is -1.17. The van der Waals surface area contributed by atoms with E-state index < -0.39 is 11.7 Å². The zero-order chi connectivity index (χ0) is 14.0. The minimum Gasteiger partial charge on any atom is -0.320 e. The molecule has 19 heavy (non-hydrogen) atoms. The fourth-order valence-electron chi connectivity index (χ4n) is 1.36. The van der Waals surface area contributed by atoms with Crippen LogP contribution in [0.5, 0.6) is 0 Å². The van der Waals surface area contributed by atoms with Gasteiger partial charge in [0.25, 0.3) is 5.91 Å². The molecule has 0 saturated carbocycles. The third-order valence-corrected chi connectivity index (χ3v) is 3.60. The topological polar surface area (TPSA) is 42.0 Å². The lowest BCUT2D eigenvalue weighted by atomic mass is 10.2. The summed E-state index contributed by atoms with van der Waals surface area (Å²) in [5.74, 6) is -1.26. The molecule has 0 fully saturated rings. The van der Waals surface area contributed by atoms with E-state index in [-0.39, 0.29) is 15.7 Å². The van der Waals surface area contributed by atoms with Crippen molar-refractivity contribution in [2.75, 3.05) is 5.32 Å². The summed E-state index contributed by atoms with van der Waals surface area (Å²) in [6.07, 6.45) is 1.37. The summed E-state index contributed by atoms with van der Waals surface area (Å²) in [4.78, 5) is 15.7. The van der Waals surface area contributed by atoms with Crippen LogP contribution in [-0.4, -0.2) is 10.9 Å². The minimum absolute atomic E-state index is 0.140. The molecule has 0 atom stereocenters. The van der Waals surface area contributed by atoms with E-state index in [1.54, 1.807) is 6.07 Å². The smallest absolute Gasteiger partial charge is 0.258 e. The zero-order valence-electron chi connectivity index (χ0n) is 9.25. The number of carbonyl (C=O) groups is 1. The molecule has 0 unspecified atom stereocenters. The number of rotatable bonds is 2. The van der Waals surface area contributed by atoms with Crippen LogP contribution >= 0.6 is 39.1 Å². The number of hydrogen-bond donors (Lipinski definition) is 1. The van der Waals surface area contributed by atoms with Crippen LogP contribution in [0, 0.1) is 5.82 Å². The Balaban J connectivity index is 2.25. The molecule has 2 rings (SSSR count). The number of anilines is 1. The number of carbonyl (C=O) groups excluding carboxylic acids is 1. The van der Waals surface area contributed by atoms with Crippen LogP contribution in [0.3, 0.4) is 0 Å². The lowest BCUT2D eigenvalue weighted by Gasteiger charge is -2.07.